The van der Waals surface area contributed by atoms with E-state index in [0.717, 1.165) is 16.6 Å². The minimum atomic E-state index is 0.423. The first-order chi connectivity index (χ1) is 8.63. The summed E-state index contributed by atoms with van der Waals surface area (Å²) in [5.41, 5.74) is 1.83. The molecule has 0 bridgehead atoms. The fraction of sp³-hybridized carbons (Fsp3) is 0.273. The zero-order valence-corrected chi connectivity index (χ0v) is 10.8. The molecule has 3 rings (SSSR count). The lowest BCUT2D eigenvalue weighted by Gasteiger charge is -2.02. The molecule has 3 heterocycles. The number of fused-ring (bicyclic) bond motifs is 1. The Balaban J connectivity index is 2.04. The fourth-order valence-corrected chi connectivity index (χ4v) is 2.03. The number of aromatic nitrogens is 6. The number of halogens is 1. The smallest absolute Gasteiger partial charge is 0.162 e. The van der Waals surface area contributed by atoms with Crippen molar-refractivity contribution in [2.24, 2.45) is 7.05 Å². The van der Waals surface area contributed by atoms with Crippen LogP contribution in [0.5, 0.6) is 0 Å². The Hall–Kier alpha value is -1.95. The van der Waals surface area contributed by atoms with Gasteiger partial charge in [-0.15, -0.1) is 0 Å². The first-order valence-electron chi connectivity index (χ1n) is 5.46. The van der Waals surface area contributed by atoms with E-state index in [0.29, 0.717) is 17.5 Å². The molecule has 0 radical (unpaired) electrons. The second-order valence-corrected chi connectivity index (χ2v) is 4.51. The van der Waals surface area contributed by atoms with Gasteiger partial charge in [0.15, 0.2) is 11.5 Å². The van der Waals surface area contributed by atoms with Crippen LogP contribution in [-0.4, -0.2) is 29.5 Å². The molecule has 0 aromatic carbocycles. The maximum atomic E-state index is 6.11. The molecule has 0 aliphatic heterocycles. The van der Waals surface area contributed by atoms with Crippen LogP contribution in [0.25, 0.3) is 11.0 Å². The molecule has 0 atom stereocenters. The standard InChI is InChI=1S/C11H11ClN6/c1-7-3-14-18(5-7)6-9-15-10(12)8-4-13-17(2)11(8)16-9/h3-5H,6H2,1-2H3. The molecule has 92 valence electrons. The Bertz CT molecular complexity index is 713. The van der Waals surface area contributed by atoms with Crippen LogP contribution in [0.1, 0.15) is 11.4 Å². The van der Waals surface area contributed by atoms with Gasteiger partial charge < -0.3 is 0 Å². The number of hydrogen-bond acceptors (Lipinski definition) is 4. The van der Waals surface area contributed by atoms with E-state index in [1.54, 1.807) is 21.8 Å². The Morgan fingerprint density at radius 3 is 2.78 bits per heavy atom. The zero-order valence-electron chi connectivity index (χ0n) is 10.0. The largest absolute Gasteiger partial charge is 0.265 e. The van der Waals surface area contributed by atoms with E-state index in [1.165, 1.54) is 0 Å². The first kappa shape index (κ1) is 11.2. The lowest BCUT2D eigenvalue weighted by Crippen LogP contribution is -2.06. The van der Waals surface area contributed by atoms with Crippen LogP contribution in [0, 0.1) is 6.92 Å². The Kier molecular flexibility index (Phi) is 2.52. The van der Waals surface area contributed by atoms with Crippen molar-refractivity contribution in [3.8, 4) is 0 Å². The highest BCUT2D eigenvalue weighted by Gasteiger charge is 2.10. The molecular formula is C11H11ClN6. The molecule has 6 nitrogen and oxygen atoms in total. The summed E-state index contributed by atoms with van der Waals surface area (Å²) in [6.07, 6.45) is 5.40. The van der Waals surface area contributed by atoms with Gasteiger partial charge in [-0.1, -0.05) is 11.6 Å². The molecule has 0 fully saturated rings. The average Bonchev–Trinajstić information content (AvgIpc) is 2.87. The second kappa shape index (κ2) is 4.06. The normalized spacial score (nSPS) is 11.3. The van der Waals surface area contributed by atoms with Gasteiger partial charge in [0.25, 0.3) is 0 Å². The molecule has 0 N–H and O–H groups in total. The summed E-state index contributed by atoms with van der Waals surface area (Å²) in [6.45, 7) is 2.48. The van der Waals surface area contributed by atoms with Gasteiger partial charge in [0.1, 0.15) is 11.7 Å². The fourth-order valence-electron chi connectivity index (χ4n) is 1.80. The molecule has 0 saturated carbocycles. The Morgan fingerprint density at radius 1 is 1.22 bits per heavy atom. The summed E-state index contributed by atoms with van der Waals surface area (Å²) in [7, 11) is 1.83. The van der Waals surface area contributed by atoms with Gasteiger partial charge in [0.05, 0.1) is 17.8 Å². The summed E-state index contributed by atoms with van der Waals surface area (Å²) in [4.78, 5) is 8.70. The van der Waals surface area contributed by atoms with E-state index in [-0.39, 0.29) is 0 Å². The molecule has 0 aliphatic carbocycles. The summed E-state index contributed by atoms with van der Waals surface area (Å²) in [5, 5.41) is 9.50. The number of nitrogens with zero attached hydrogens (tertiary/aromatic N) is 6. The van der Waals surface area contributed by atoms with E-state index in [2.05, 4.69) is 20.2 Å². The summed E-state index contributed by atoms with van der Waals surface area (Å²) >= 11 is 6.11. The monoisotopic (exact) mass is 262 g/mol. The summed E-state index contributed by atoms with van der Waals surface area (Å²) < 4.78 is 3.46. The predicted molar refractivity (Wildman–Crippen MR) is 67.4 cm³/mol. The quantitative estimate of drug-likeness (QED) is 0.658. The summed E-state index contributed by atoms with van der Waals surface area (Å²) in [5.74, 6) is 0.624. The van der Waals surface area contributed by atoms with Gasteiger partial charge in [0, 0.05) is 13.2 Å². The summed E-state index contributed by atoms with van der Waals surface area (Å²) in [6, 6.07) is 0. The molecule has 0 unspecified atom stereocenters. The molecule has 18 heavy (non-hydrogen) atoms. The van der Waals surface area contributed by atoms with Crippen LogP contribution in [0.2, 0.25) is 5.15 Å². The van der Waals surface area contributed by atoms with Crippen molar-refractivity contribution in [3.63, 3.8) is 0 Å². The van der Waals surface area contributed by atoms with Gasteiger partial charge in [0.2, 0.25) is 0 Å². The Morgan fingerprint density at radius 2 is 2.06 bits per heavy atom. The zero-order chi connectivity index (χ0) is 12.7. The van der Waals surface area contributed by atoms with Crippen molar-refractivity contribution in [1.29, 1.82) is 0 Å². The van der Waals surface area contributed by atoms with Crippen LogP contribution >= 0.6 is 11.6 Å². The van der Waals surface area contributed by atoms with Crippen LogP contribution in [0.3, 0.4) is 0 Å². The first-order valence-corrected chi connectivity index (χ1v) is 5.84. The van der Waals surface area contributed by atoms with Gasteiger partial charge >= 0.3 is 0 Å². The van der Waals surface area contributed by atoms with Crippen LogP contribution in [-0.2, 0) is 13.6 Å². The van der Waals surface area contributed by atoms with E-state index in [9.17, 15) is 0 Å². The number of rotatable bonds is 2. The highest BCUT2D eigenvalue weighted by Crippen LogP contribution is 2.19. The average molecular weight is 263 g/mol. The minimum Gasteiger partial charge on any atom is -0.265 e. The third kappa shape index (κ3) is 1.84. The third-order valence-electron chi connectivity index (χ3n) is 2.66. The number of hydrogen-bond donors (Lipinski definition) is 0. The van der Waals surface area contributed by atoms with Crippen molar-refractivity contribution >= 4 is 22.6 Å². The van der Waals surface area contributed by atoms with Crippen molar-refractivity contribution in [3.05, 3.63) is 35.1 Å². The molecule has 0 amide bonds. The topological polar surface area (TPSA) is 61.4 Å². The minimum absolute atomic E-state index is 0.423. The predicted octanol–water partition coefficient (Wildman–Crippen LogP) is 1.57. The highest BCUT2D eigenvalue weighted by molar-refractivity contribution is 6.33. The van der Waals surface area contributed by atoms with Gasteiger partial charge in [-0.05, 0) is 12.5 Å². The van der Waals surface area contributed by atoms with Gasteiger partial charge in [-0.3, -0.25) is 9.36 Å². The van der Waals surface area contributed by atoms with Crippen molar-refractivity contribution < 1.29 is 0 Å². The molecule has 3 aromatic heterocycles. The van der Waals surface area contributed by atoms with Crippen LogP contribution in [0.4, 0.5) is 0 Å². The molecule has 0 aliphatic rings. The Labute approximate surface area is 108 Å². The maximum Gasteiger partial charge on any atom is 0.162 e. The molecule has 0 spiro atoms. The van der Waals surface area contributed by atoms with Crippen molar-refractivity contribution in [1.82, 2.24) is 29.5 Å². The molecule has 0 saturated heterocycles. The highest BCUT2D eigenvalue weighted by atomic mass is 35.5. The second-order valence-electron chi connectivity index (χ2n) is 4.15. The van der Waals surface area contributed by atoms with Crippen LogP contribution in [0.15, 0.2) is 18.6 Å². The molecule has 3 aromatic rings. The van der Waals surface area contributed by atoms with Crippen molar-refractivity contribution in [2.75, 3.05) is 0 Å². The van der Waals surface area contributed by atoms with E-state index in [1.807, 2.05) is 20.2 Å². The van der Waals surface area contributed by atoms with Gasteiger partial charge in [-0.25, -0.2) is 9.97 Å². The lowest BCUT2D eigenvalue weighted by atomic mass is 10.4. The van der Waals surface area contributed by atoms with Crippen molar-refractivity contribution in [2.45, 2.75) is 13.5 Å². The van der Waals surface area contributed by atoms with Crippen LogP contribution < -0.4 is 0 Å². The lowest BCUT2D eigenvalue weighted by molar-refractivity contribution is 0.654. The molecular weight excluding hydrogens is 252 g/mol. The van der Waals surface area contributed by atoms with E-state index >= 15 is 0 Å². The van der Waals surface area contributed by atoms with E-state index in [4.69, 9.17) is 11.6 Å². The third-order valence-corrected chi connectivity index (χ3v) is 2.95. The number of aryl methyl sites for hydroxylation is 2. The maximum absolute atomic E-state index is 6.11. The molecule has 7 heteroatoms. The van der Waals surface area contributed by atoms with Gasteiger partial charge in [-0.2, -0.15) is 10.2 Å². The SMILES string of the molecule is Cc1cnn(Cc2nc(Cl)c3cnn(C)c3n2)c1. The van der Waals surface area contributed by atoms with E-state index < -0.39 is 0 Å².